The van der Waals surface area contributed by atoms with Crippen molar-refractivity contribution in [3.63, 3.8) is 0 Å². The highest BCUT2D eigenvalue weighted by Crippen LogP contribution is 2.26. The van der Waals surface area contributed by atoms with Crippen LogP contribution in [0.2, 0.25) is 0 Å². The van der Waals surface area contributed by atoms with Gasteiger partial charge in [-0.2, -0.15) is 0 Å². The highest BCUT2D eigenvalue weighted by Gasteiger charge is 2.20. The van der Waals surface area contributed by atoms with Crippen molar-refractivity contribution in [2.45, 2.75) is 11.8 Å². The van der Waals surface area contributed by atoms with Gasteiger partial charge < -0.3 is 4.74 Å². The number of benzene rings is 2. The maximum atomic E-state index is 12.5. The Balaban J connectivity index is 2.45. The SMILES string of the molecule is COc1ccccc1S(=O)(=O)Nc1ccccc1C(C)=O. The molecule has 0 aliphatic carbocycles. The minimum atomic E-state index is -3.84. The molecule has 0 amide bonds. The van der Waals surface area contributed by atoms with E-state index in [1.807, 2.05) is 0 Å². The predicted octanol–water partition coefficient (Wildman–Crippen LogP) is 2.70. The van der Waals surface area contributed by atoms with Crippen molar-refractivity contribution in [3.8, 4) is 5.75 Å². The summed E-state index contributed by atoms with van der Waals surface area (Å²) in [4.78, 5) is 11.6. The molecule has 2 rings (SSSR count). The Bertz CT molecular complexity index is 769. The Morgan fingerprint density at radius 2 is 1.67 bits per heavy atom. The summed E-state index contributed by atoms with van der Waals surface area (Å²) >= 11 is 0. The lowest BCUT2D eigenvalue weighted by atomic mass is 10.1. The van der Waals surface area contributed by atoms with Crippen LogP contribution < -0.4 is 9.46 Å². The predicted molar refractivity (Wildman–Crippen MR) is 80.2 cm³/mol. The summed E-state index contributed by atoms with van der Waals surface area (Å²) in [6.07, 6.45) is 0. The average molecular weight is 305 g/mol. The number of carbonyl (C=O) groups excluding carboxylic acids is 1. The van der Waals surface area contributed by atoms with E-state index in [2.05, 4.69) is 4.72 Å². The molecule has 1 N–H and O–H groups in total. The van der Waals surface area contributed by atoms with Gasteiger partial charge in [0.1, 0.15) is 10.6 Å². The highest BCUT2D eigenvalue weighted by molar-refractivity contribution is 7.92. The van der Waals surface area contributed by atoms with Crippen molar-refractivity contribution in [1.82, 2.24) is 0 Å². The molecule has 21 heavy (non-hydrogen) atoms. The second-order valence-electron chi connectivity index (χ2n) is 4.36. The molecule has 2 aromatic carbocycles. The molecule has 2 aromatic rings. The second kappa shape index (κ2) is 5.97. The number of anilines is 1. The van der Waals surface area contributed by atoms with Gasteiger partial charge in [-0.15, -0.1) is 0 Å². The van der Waals surface area contributed by atoms with Crippen molar-refractivity contribution in [2.24, 2.45) is 0 Å². The lowest BCUT2D eigenvalue weighted by molar-refractivity contribution is 0.101. The van der Waals surface area contributed by atoms with Crippen LogP contribution in [0.1, 0.15) is 17.3 Å². The standard InChI is InChI=1S/C15H15NO4S/c1-11(17)12-7-3-4-8-13(12)16-21(18,19)15-10-6-5-9-14(15)20-2/h3-10,16H,1-2H3. The van der Waals surface area contributed by atoms with Crippen LogP contribution >= 0.6 is 0 Å². The zero-order valence-electron chi connectivity index (χ0n) is 11.7. The first-order valence-corrected chi connectivity index (χ1v) is 7.70. The second-order valence-corrected chi connectivity index (χ2v) is 6.01. The number of carbonyl (C=O) groups is 1. The number of nitrogens with one attached hydrogen (secondary N) is 1. The molecule has 5 nitrogen and oxygen atoms in total. The largest absolute Gasteiger partial charge is 0.495 e. The van der Waals surface area contributed by atoms with Gasteiger partial charge in [0, 0.05) is 5.56 Å². The van der Waals surface area contributed by atoms with Gasteiger partial charge in [-0.1, -0.05) is 24.3 Å². The summed E-state index contributed by atoms with van der Waals surface area (Å²) in [7, 11) is -2.44. The van der Waals surface area contributed by atoms with Gasteiger partial charge in [-0.05, 0) is 31.2 Å². The molecular formula is C15H15NO4S. The molecule has 0 saturated carbocycles. The van der Waals surface area contributed by atoms with E-state index in [1.165, 1.54) is 20.1 Å². The topological polar surface area (TPSA) is 72.5 Å². The minimum Gasteiger partial charge on any atom is -0.495 e. The minimum absolute atomic E-state index is 0.0193. The van der Waals surface area contributed by atoms with Crippen LogP contribution in [0, 0.1) is 0 Å². The number of hydrogen-bond acceptors (Lipinski definition) is 4. The van der Waals surface area contributed by atoms with Crippen molar-refractivity contribution < 1.29 is 17.9 Å². The summed E-state index contributed by atoms with van der Waals surface area (Å²) < 4.78 is 32.4. The molecule has 6 heteroatoms. The summed E-state index contributed by atoms with van der Waals surface area (Å²) in [6.45, 7) is 1.39. The van der Waals surface area contributed by atoms with E-state index in [4.69, 9.17) is 4.74 Å². The molecule has 0 aromatic heterocycles. The van der Waals surface area contributed by atoms with Gasteiger partial charge in [0.05, 0.1) is 12.8 Å². The van der Waals surface area contributed by atoms with Crippen molar-refractivity contribution in [3.05, 3.63) is 54.1 Å². The van der Waals surface area contributed by atoms with Crippen LogP contribution in [-0.4, -0.2) is 21.3 Å². The Hall–Kier alpha value is -2.34. The van der Waals surface area contributed by atoms with E-state index in [0.717, 1.165) is 0 Å². The molecule has 0 spiro atoms. The first kappa shape index (κ1) is 15.1. The van der Waals surface area contributed by atoms with E-state index in [0.29, 0.717) is 5.56 Å². The molecule has 0 fully saturated rings. The van der Waals surface area contributed by atoms with Gasteiger partial charge in [-0.25, -0.2) is 8.42 Å². The molecule has 0 atom stereocenters. The van der Waals surface area contributed by atoms with Crippen LogP contribution in [0.5, 0.6) is 5.75 Å². The van der Waals surface area contributed by atoms with Crippen LogP contribution in [0.3, 0.4) is 0 Å². The van der Waals surface area contributed by atoms with E-state index in [-0.39, 0.29) is 22.1 Å². The quantitative estimate of drug-likeness (QED) is 0.862. The number of hydrogen-bond donors (Lipinski definition) is 1. The number of Topliss-reactive ketones (excluding diaryl/α,β-unsaturated/α-hetero) is 1. The number of ether oxygens (including phenoxy) is 1. The molecule has 0 aliphatic heterocycles. The molecule has 110 valence electrons. The Labute approximate surface area is 123 Å². The third kappa shape index (κ3) is 3.22. The Morgan fingerprint density at radius 3 is 2.33 bits per heavy atom. The molecule has 0 unspecified atom stereocenters. The first-order chi connectivity index (χ1) is 9.95. The molecular weight excluding hydrogens is 290 g/mol. The smallest absolute Gasteiger partial charge is 0.265 e. The van der Waals surface area contributed by atoms with Crippen LogP contribution in [0.15, 0.2) is 53.4 Å². The fourth-order valence-electron chi connectivity index (χ4n) is 1.92. The number of sulfonamides is 1. The number of para-hydroxylation sites is 2. The Kier molecular flexibility index (Phi) is 4.28. The van der Waals surface area contributed by atoms with Gasteiger partial charge in [-0.3, -0.25) is 9.52 Å². The summed E-state index contributed by atoms with van der Waals surface area (Å²) in [6, 6.07) is 12.7. The van der Waals surface area contributed by atoms with E-state index in [1.54, 1.807) is 42.5 Å². The highest BCUT2D eigenvalue weighted by atomic mass is 32.2. The van der Waals surface area contributed by atoms with Gasteiger partial charge in [0.25, 0.3) is 10.0 Å². The molecule has 0 bridgehead atoms. The van der Waals surface area contributed by atoms with Crippen LogP contribution in [0.4, 0.5) is 5.69 Å². The maximum absolute atomic E-state index is 12.5. The maximum Gasteiger partial charge on any atom is 0.265 e. The van der Waals surface area contributed by atoms with Crippen molar-refractivity contribution >= 4 is 21.5 Å². The fourth-order valence-corrected chi connectivity index (χ4v) is 3.17. The first-order valence-electron chi connectivity index (χ1n) is 6.21. The zero-order chi connectivity index (χ0) is 15.5. The lowest BCUT2D eigenvalue weighted by Crippen LogP contribution is -2.16. The normalized spacial score (nSPS) is 11.0. The monoisotopic (exact) mass is 305 g/mol. The van der Waals surface area contributed by atoms with Crippen LogP contribution in [-0.2, 0) is 10.0 Å². The van der Waals surface area contributed by atoms with Crippen LogP contribution in [0.25, 0.3) is 0 Å². The van der Waals surface area contributed by atoms with E-state index >= 15 is 0 Å². The number of methoxy groups -OCH3 is 1. The van der Waals surface area contributed by atoms with Crippen molar-refractivity contribution in [1.29, 1.82) is 0 Å². The van der Waals surface area contributed by atoms with Gasteiger partial charge in [0.2, 0.25) is 0 Å². The third-order valence-corrected chi connectivity index (χ3v) is 4.31. The Morgan fingerprint density at radius 1 is 1.05 bits per heavy atom. The average Bonchev–Trinajstić information content (AvgIpc) is 2.47. The molecule has 0 saturated heterocycles. The zero-order valence-corrected chi connectivity index (χ0v) is 12.5. The van der Waals surface area contributed by atoms with E-state index in [9.17, 15) is 13.2 Å². The third-order valence-electron chi connectivity index (χ3n) is 2.91. The molecule has 0 radical (unpaired) electrons. The summed E-state index contributed by atoms with van der Waals surface area (Å²) in [5, 5.41) is 0. The molecule has 0 aliphatic rings. The summed E-state index contributed by atoms with van der Waals surface area (Å²) in [5.41, 5.74) is 0.562. The summed E-state index contributed by atoms with van der Waals surface area (Å²) in [5.74, 6) is 0.0265. The van der Waals surface area contributed by atoms with E-state index < -0.39 is 10.0 Å². The molecule has 0 heterocycles. The van der Waals surface area contributed by atoms with Gasteiger partial charge >= 0.3 is 0 Å². The lowest BCUT2D eigenvalue weighted by Gasteiger charge is -2.13. The fraction of sp³-hybridized carbons (Fsp3) is 0.133. The van der Waals surface area contributed by atoms with Gasteiger partial charge in [0.15, 0.2) is 5.78 Å². The number of ketones is 1. The number of rotatable bonds is 5. The van der Waals surface area contributed by atoms with Crippen molar-refractivity contribution in [2.75, 3.05) is 11.8 Å².